The molecule has 1 aliphatic heterocycles. The first kappa shape index (κ1) is 13.8. The molecule has 1 N–H and O–H groups in total. The van der Waals surface area contributed by atoms with Crippen LogP contribution in [0.25, 0.3) is 0 Å². The predicted molar refractivity (Wildman–Crippen MR) is 79.1 cm³/mol. The van der Waals surface area contributed by atoms with Crippen molar-refractivity contribution in [1.29, 1.82) is 0 Å². The lowest BCUT2D eigenvalue weighted by Crippen LogP contribution is -2.50. The summed E-state index contributed by atoms with van der Waals surface area (Å²) < 4.78 is 1.02. The number of hydrogen-bond acceptors (Lipinski definition) is 3. The molecule has 0 amide bonds. The molecule has 2 unspecified atom stereocenters. The lowest BCUT2D eigenvalue weighted by Gasteiger charge is -2.41. The van der Waals surface area contributed by atoms with Crippen molar-refractivity contribution in [3.63, 3.8) is 0 Å². The number of hydrogen-bond donors (Lipinski definition) is 1. The van der Waals surface area contributed by atoms with Gasteiger partial charge in [0.2, 0.25) is 0 Å². The van der Waals surface area contributed by atoms with Crippen molar-refractivity contribution < 1.29 is 5.11 Å². The summed E-state index contributed by atoms with van der Waals surface area (Å²) in [7, 11) is 2.16. The third-order valence-electron chi connectivity index (χ3n) is 3.58. The number of aliphatic hydroxyl groups is 1. The topological polar surface area (TPSA) is 26.7 Å². The van der Waals surface area contributed by atoms with E-state index >= 15 is 0 Å². The summed E-state index contributed by atoms with van der Waals surface area (Å²) in [4.78, 5) is 4.75. The lowest BCUT2D eigenvalue weighted by molar-refractivity contribution is 0.198. The van der Waals surface area contributed by atoms with Crippen molar-refractivity contribution in [2.45, 2.75) is 26.0 Å². The zero-order chi connectivity index (χ0) is 13.3. The largest absolute Gasteiger partial charge is 0.389 e. The first-order valence-corrected chi connectivity index (χ1v) is 7.21. The van der Waals surface area contributed by atoms with Crippen LogP contribution in [0.3, 0.4) is 0 Å². The average Bonchev–Trinajstić information content (AvgIpc) is 2.29. The molecule has 4 heteroatoms. The predicted octanol–water partition coefficient (Wildman–Crippen LogP) is 2.64. The van der Waals surface area contributed by atoms with Crippen molar-refractivity contribution >= 4 is 21.6 Å². The van der Waals surface area contributed by atoms with E-state index in [-0.39, 0.29) is 0 Å². The van der Waals surface area contributed by atoms with Crippen LogP contribution in [-0.2, 0) is 0 Å². The maximum atomic E-state index is 9.94. The van der Waals surface area contributed by atoms with E-state index in [0.717, 1.165) is 35.4 Å². The number of nitrogens with zero attached hydrogens (tertiary/aromatic N) is 2. The van der Waals surface area contributed by atoms with Crippen molar-refractivity contribution in [1.82, 2.24) is 4.90 Å². The SMILES string of the molecule is CC(O)c1cc(Br)ccc1N1CCN(C)CC1C. The molecule has 0 aromatic heterocycles. The fourth-order valence-electron chi connectivity index (χ4n) is 2.62. The van der Waals surface area contributed by atoms with E-state index in [9.17, 15) is 5.11 Å². The van der Waals surface area contributed by atoms with Crippen LogP contribution in [0.1, 0.15) is 25.5 Å². The highest BCUT2D eigenvalue weighted by atomic mass is 79.9. The molecule has 2 atom stereocenters. The maximum absolute atomic E-state index is 9.94. The third kappa shape index (κ3) is 2.87. The van der Waals surface area contributed by atoms with Gasteiger partial charge >= 0.3 is 0 Å². The first-order chi connectivity index (χ1) is 8.49. The summed E-state index contributed by atoms with van der Waals surface area (Å²) >= 11 is 3.48. The van der Waals surface area contributed by atoms with Crippen LogP contribution in [0.2, 0.25) is 0 Å². The van der Waals surface area contributed by atoms with Gasteiger partial charge in [0, 0.05) is 41.4 Å². The van der Waals surface area contributed by atoms with Crippen LogP contribution < -0.4 is 4.90 Å². The standard InChI is InChI=1S/C14H21BrN2O/c1-10-9-16(3)6-7-17(10)14-5-4-12(15)8-13(14)11(2)18/h4-5,8,10-11,18H,6-7,9H2,1-3H3. The Morgan fingerprint density at radius 3 is 2.72 bits per heavy atom. The van der Waals surface area contributed by atoms with Crippen LogP contribution in [0.4, 0.5) is 5.69 Å². The molecule has 18 heavy (non-hydrogen) atoms. The van der Waals surface area contributed by atoms with Gasteiger partial charge in [-0.05, 0) is 39.1 Å². The molecule has 100 valence electrons. The molecule has 0 spiro atoms. The smallest absolute Gasteiger partial charge is 0.0782 e. The zero-order valence-electron chi connectivity index (χ0n) is 11.2. The van der Waals surface area contributed by atoms with Gasteiger partial charge in [0.05, 0.1) is 6.10 Å². The third-order valence-corrected chi connectivity index (χ3v) is 4.07. The van der Waals surface area contributed by atoms with Gasteiger partial charge in [0.25, 0.3) is 0 Å². The normalized spacial score (nSPS) is 23.2. The molecule has 1 aromatic rings. The Hall–Kier alpha value is -0.580. The Kier molecular flexibility index (Phi) is 4.30. The van der Waals surface area contributed by atoms with Crippen molar-refractivity contribution in [3.05, 3.63) is 28.2 Å². The number of aliphatic hydroxyl groups excluding tert-OH is 1. The van der Waals surface area contributed by atoms with Crippen LogP contribution in [0.5, 0.6) is 0 Å². The van der Waals surface area contributed by atoms with Gasteiger partial charge in [-0.2, -0.15) is 0 Å². The van der Waals surface area contributed by atoms with E-state index in [1.165, 1.54) is 0 Å². The monoisotopic (exact) mass is 312 g/mol. The highest BCUT2D eigenvalue weighted by Crippen LogP contribution is 2.31. The number of piperazine rings is 1. The summed E-state index contributed by atoms with van der Waals surface area (Å²) in [6.07, 6.45) is -0.440. The number of rotatable bonds is 2. The van der Waals surface area contributed by atoms with Gasteiger partial charge < -0.3 is 14.9 Å². The molecule has 2 rings (SSSR count). The maximum Gasteiger partial charge on any atom is 0.0782 e. The Balaban J connectivity index is 2.32. The van der Waals surface area contributed by atoms with E-state index in [4.69, 9.17) is 0 Å². The van der Waals surface area contributed by atoms with Gasteiger partial charge in [0.1, 0.15) is 0 Å². The highest BCUT2D eigenvalue weighted by molar-refractivity contribution is 9.10. The van der Waals surface area contributed by atoms with E-state index < -0.39 is 6.10 Å². The summed E-state index contributed by atoms with van der Waals surface area (Å²) in [5.41, 5.74) is 2.16. The zero-order valence-corrected chi connectivity index (χ0v) is 12.8. The highest BCUT2D eigenvalue weighted by Gasteiger charge is 2.24. The second-order valence-corrected chi connectivity index (χ2v) is 6.10. The molecular formula is C14H21BrN2O. The second kappa shape index (κ2) is 5.59. The molecule has 1 saturated heterocycles. The lowest BCUT2D eigenvalue weighted by atomic mass is 10.0. The van der Waals surface area contributed by atoms with Gasteiger partial charge in [-0.3, -0.25) is 0 Å². The molecular weight excluding hydrogens is 292 g/mol. The van der Waals surface area contributed by atoms with Crippen LogP contribution >= 0.6 is 15.9 Å². The molecule has 0 bridgehead atoms. The number of benzene rings is 1. The molecule has 0 radical (unpaired) electrons. The van der Waals surface area contributed by atoms with Crippen LogP contribution in [-0.4, -0.2) is 42.7 Å². The van der Waals surface area contributed by atoms with Gasteiger partial charge in [-0.15, -0.1) is 0 Å². The summed E-state index contributed by atoms with van der Waals surface area (Å²) in [6.45, 7) is 7.21. The van der Waals surface area contributed by atoms with E-state index in [2.05, 4.69) is 45.8 Å². The minimum absolute atomic E-state index is 0.440. The number of halogens is 1. The Morgan fingerprint density at radius 2 is 2.11 bits per heavy atom. The van der Waals surface area contributed by atoms with E-state index in [1.807, 2.05) is 19.1 Å². The number of likely N-dealkylation sites (N-methyl/N-ethyl adjacent to an activating group) is 1. The van der Waals surface area contributed by atoms with Gasteiger partial charge in [-0.1, -0.05) is 15.9 Å². The van der Waals surface area contributed by atoms with Crippen LogP contribution in [0, 0.1) is 0 Å². The minimum Gasteiger partial charge on any atom is -0.389 e. The fraction of sp³-hybridized carbons (Fsp3) is 0.571. The number of anilines is 1. The quantitative estimate of drug-likeness (QED) is 0.909. The Bertz CT molecular complexity index is 422. The van der Waals surface area contributed by atoms with Crippen molar-refractivity contribution in [3.8, 4) is 0 Å². The summed E-state index contributed by atoms with van der Waals surface area (Å²) in [6, 6.07) is 6.65. The van der Waals surface area contributed by atoms with Crippen molar-refractivity contribution in [2.75, 3.05) is 31.6 Å². The summed E-state index contributed by atoms with van der Waals surface area (Å²) in [5, 5.41) is 9.94. The average molecular weight is 313 g/mol. The van der Waals surface area contributed by atoms with Gasteiger partial charge in [-0.25, -0.2) is 0 Å². The van der Waals surface area contributed by atoms with E-state index in [1.54, 1.807) is 0 Å². The second-order valence-electron chi connectivity index (χ2n) is 5.18. The molecule has 1 heterocycles. The van der Waals surface area contributed by atoms with Crippen molar-refractivity contribution in [2.24, 2.45) is 0 Å². The Labute approximate surface area is 118 Å². The fourth-order valence-corrected chi connectivity index (χ4v) is 3.00. The molecule has 1 aliphatic rings. The van der Waals surface area contributed by atoms with Crippen LogP contribution in [0.15, 0.2) is 22.7 Å². The summed E-state index contributed by atoms with van der Waals surface area (Å²) in [5.74, 6) is 0. The molecule has 1 fully saturated rings. The minimum atomic E-state index is -0.440. The molecule has 1 aromatic carbocycles. The van der Waals surface area contributed by atoms with E-state index in [0.29, 0.717) is 6.04 Å². The van der Waals surface area contributed by atoms with Gasteiger partial charge in [0.15, 0.2) is 0 Å². The molecule has 0 aliphatic carbocycles. The Morgan fingerprint density at radius 1 is 1.39 bits per heavy atom. The first-order valence-electron chi connectivity index (χ1n) is 6.41. The molecule has 3 nitrogen and oxygen atoms in total. The molecule has 0 saturated carbocycles.